The van der Waals surface area contributed by atoms with Crippen LogP contribution < -0.4 is 5.32 Å². The number of ether oxygens (including phenoxy) is 1. The molecule has 0 bridgehead atoms. The standard InChI is InChI=1S/C18H21F3N4O/c1-16(2)10-13(17(3,4)26-16)23-14-9-12(18(19,20)21)24-15(25-14)11-7-5-6-8-22-11/h5-9,13H,10H2,1-4H3,(H,23,24,25). The van der Waals surface area contributed by atoms with Gasteiger partial charge in [-0.25, -0.2) is 9.97 Å². The van der Waals surface area contributed by atoms with Crippen LogP contribution in [0.1, 0.15) is 39.8 Å². The van der Waals surface area contributed by atoms with Crippen LogP contribution >= 0.6 is 0 Å². The van der Waals surface area contributed by atoms with Crippen LogP contribution in [-0.4, -0.2) is 32.2 Å². The van der Waals surface area contributed by atoms with Gasteiger partial charge < -0.3 is 10.1 Å². The van der Waals surface area contributed by atoms with E-state index in [1.807, 2.05) is 27.7 Å². The van der Waals surface area contributed by atoms with E-state index < -0.39 is 17.5 Å². The van der Waals surface area contributed by atoms with E-state index in [0.29, 0.717) is 6.42 Å². The van der Waals surface area contributed by atoms with Crippen molar-refractivity contribution in [3.05, 3.63) is 36.2 Å². The first-order chi connectivity index (χ1) is 12.0. The predicted molar refractivity (Wildman–Crippen MR) is 91.5 cm³/mol. The molecule has 1 atom stereocenters. The van der Waals surface area contributed by atoms with Crippen LogP contribution in [0, 0.1) is 0 Å². The van der Waals surface area contributed by atoms with E-state index in [-0.39, 0.29) is 29.0 Å². The van der Waals surface area contributed by atoms with Crippen molar-refractivity contribution in [3.8, 4) is 11.5 Å². The fourth-order valence-electron chi connectivity index (χ4n) is 3.24. The van der Waals surface area contributed by atoms with Gasteiger partial charge in [0.05, 0.1) is 17.2 Å². The molecule has 0 radical (unpaired) electrons. The molecule has 0 amide bonds. The summed E-state index contributed by atoms with van der Waals surface area (Å²) in [5.74, 6) is 0.0336. The summed E-state index contributed by atoms with van der Waals surface area (Å²) < 4.78 is 45.9. The minimum atomic E-state index is -4.58. The smallest absolute Gasteiger partial charge is 0.367 e. The molecule has 0 spiro atoms. The quantitative estimate of drug-likeness (QED) is 0.877. The maximum atomic E-state index is 13.3. The fraction of sp³-hybridized carbons (Fsp3) is 0.500. The number of aromatic nitrogens is 3. The minimum absolute atomic E-state index is 0.0705. The number of alkyl halides is 3. The molecule has 5 nitrogen and oxygen atoms in total. The molecular weight excluding hydrogens is 345 g/mol. The van der Waals surface area contributed by atoms with Crippen LogP contribution in [0.3, 0.4) is 0 Å². The van der Waals surface area contributed by atoms with Gasteiger partial charge in [-0.1, -0.05) is 6.07 Å². The summed E-state index contributed by atoms with van der Waals surface area (Å²) in [6.07, 6.45) is -2.45. The molecule has 1 saturated heterocycles. The highest BCUT2D eigenvalue weighted by molar-refractivity contribution is 5.53. The van der Waals surface area contributed by atoms with Crippen molar-refractivity contribution < 1.29 is 17.9 Å². The molecule has 1 aliphatic rings. The Balaban J connectivity index is 1.99. The predicted octanol–water partition coefficient (Wildman–Crippen LogP) is 4.32. The highest BCUT2D eigenvalue weighted by atomic mass is 19.4. The van der Waals surface area contributed by atoms with Gasteiger partial charge in [0.15, 0.2) is 11.5 Å². The summed E-state index contributed by atoms with van der Waals surface area (Å²) in [7, 11) is 0. The number of rotatable bonds is 3. The topological polar surface area (TPSA) is 59.9 Å². The van der Waals surface area contributed by atoms with Crippen LogP contribution in [0.4, 0.5) is 19.0 Å². The molecule has 26 heavy (non-hydrogen) atoms. The molecule has 0 saturated carbocycles. The molecule has 0 aromatic carbocycles. The average Bonchev–Trinajstić information content (AvgIpc) is 2.74. The zero-order valence-electron chi connectivity index (χ0n) is 15.1. The summed E-state index contributed by atoms with van der Waals surface area (Å²) in [6.45, 7) is 7.73. The van der Waals surface area contributed by atoms with E-state index in [1.54, 1.807) is 18.2 Å². The first-order valence-corrected chi connectivity index (χ1v) is 8.31. The highest BCUT2D eigenvalue weighted by Gasteiger charge is 2.46. The Labute approximate surface area is 150 Å². The molecular formula is C18H21F3N4O. The van der Waals surface area contributed by atoms with Crippen LogP contribution in [-0.2, 0) is 10.9 Å². The zero-order chi connectivity index (χ0) is 19.2. The van der Waals surface area contributed by atoms with Crippen LogP contribution in [0.15, 0.2) is 30.5 Å². The molecule has 0 aliphatic carbocycles. The molecule has 2 aromatic rings. The molecule has 1 aliphatic heterocycles. The van der Waals surface area contributed by atoms with Crippen molar-refractivity contribution >= 4 is 5.82 Å². The lowest BCUT2D eigenvalue weighted by Gasteiger charge is -2.28. The Morgan fingerprint density at radius 1 is 1.15 bits per heavy atom. The molecule has 8 heteroatoms. The Kier molecular flexibility index (Phi) is 4.42. The lowest BCUT2D eigenvalue weighted by Crippen LogP contribution is -2.38. The van der Waals surface area contributed by atoms with Gasteiger partial charge >= 0.3 is 6.18 Å². The van der Waals surface area contributed by atoms with Gasteiger partial charge in [0.1, 0.15) is 11.5 Å². The summed E-state index contributed by atoms with van der Waals surface area (Å²) in [4.78, 5) is 12.0. The van der Waals surface area contributed by atoms with Gasteiger partial charge in [-0.2, -0.15) is 13.2 Å². The number of nitrogens with zero attached hydrogens (tertiary/aromatic N) is 3. The number of pyridine rings is 1. The third-order valence-electron chi connectivity index (χ3n) is 4.31. The van der Waals surface area contributed by atoms with E-state index in [1.165, 1.54) is 6.20 Å². The highest BCUT2D eigenvalue weighted by Crippen LogP contribution is 2.39. The number of hydrogen-bond donors (Lipinski definition) is 1. The first-order valence-electron chi connectivity index (χ1n) is 8.31. The van der Waals surface area contributed by atoms with E-state index >= 15 is 0 Å². The minimum Gasteiger partial charge on any atom is -0.367 e. The molecule has 3 rings (SSSR count). The summed E-state index contributed by atoms with van der Waals surface area (Å²) in [5.41, 5.74) is -1.64. The number of hydrogen-bond acceptors (Lipinski definition) is 5. The second-order valence-electron chi connectivity index (χ2n) is 7.54. The summed E-state index contributed by atoms with van der Waals surface area (Å²) in [5, 5.41) is 3.11. The first kappa shape index (κ1) is 18.6. The monoisotopic (exact) mass is 366 g/mol. The molecule has 1 fully saturated rings. The molecule has 1 N–H and O–H groups in total. The summed E-state index contributed by atoms with van der Waals surface area (Å²) >= 11 is 0. The second-order valence-corrected chi connectivity index (χ2v) is 7.54. The van der Waals surface area contributed by atoms with Crippen molar-refractivity contribution in [1.29, 1.82) is 0 Å². The Morgan fingerprint density at radius 3 is 2.42 bits per heavy atom. The van der Waals surface area contributed by atoms with E-state index in [2.05, 4.69) is 20.3 Å². The van der Waals surface area contributed by atoms with Crippen molar-refractivity contribution in [2.75, 3.05) is 5.32 Å². The zero-order valence-corrected chi connectivity index (χ0v) is 15.1. The average molecular weight is 366 g/mol. The van der Waals surface area contributed by atoms with Crippen LogP contribution in [0.5, 0.6) is 0 Å². The van der Waals surface area contributed by atoms with E-state index in [0.717, 1.165) is 6.07 Å². The lowest BCUT2D eigenvalue weighted by atomic mass is 9.94. The van der Waals surface area contributed by atoms with Gasteiger partial charge in [-0.3, -0.25) is 4.98 Å². The molecule has 3 heterocycles. The molecule has 1 unspecified atom stereocenters. The van der Waals surface area contributed by atoms with Gasteiger partial charge in [0.2, 0.25) is 0 Å². The second kappa shape index (κ2) is 6.19. The lowest BCUT2D eigenvalue weighted by molar-refractivity contribution is -0.141. The van der Waals surface area contributed by atoms with Crippen molar-refractivity contribution in [2.45, 2.75) is 57.5 Å². The van der Waals surface area contributed by atoms with Gasteiger partial charge in [0, 0.05) is 12.3 Å². The number of nitrogens with one attached hydrogen (secondary N) is 1. The fourth-order valence-corrected chi connectivity index (χ4v) is 3.24. The van der Waals surface area contributed by atoms with Crippen molar-refractivity contribution in [3.63, 3.8) is 0 Å². The molecule has 2 aromatic heterocycles. The number of halogens is 3. The molecule has 140 valence electrons. The van der Waals surface area contributed by atoms with Gasteiger partial charge in [-0.15, -0.1) is 0 Å². The third-order valence-corrected chi connectivity index (χ3v) is 4.31. The van der Waals surface area contributed by atoms with Gasteiger partial charge in [0.25, 0.3) is 0 Å². The maximum Gasteiger partial charge on any atom is 0.433 e. The van der Waals surface area contributed by atoms with Crippen LogP contribution in [0.2, 0.25) is 0 Å². The Hall–Kier alpha value is -2.22. The SMILES string of the molecule is CC1(C)CC(Nc2cc(C(F)(F)F)nc(-c3ccccn3)n2)C(C)(C)O1. The third kappa shape index (κ3) is 3.95. The van der Waals surface area contributed by atoms with Gasteiger partial charge in [-0.05, 0) is 46.2 Å². The van der Waals surface area contributed by atoms with E-state index in [9.17, 15) is 13.2 Å². The largest absolute Gasteiger partial charge is 0.433 e. The van der Waals surface area contributed by atoms with E-state index in [4.69, 9.17) is 4.74 Å². The Morgan fingerprint density at radius 2 is 1.88 bits per heavy atom. The van der Waals surface area contributed by atoms with Crippen molar-refractivity contribution in [1.82, 2.24) is 15.0 Å². The Bertz CT molecular complexity index is 791. The maximum absolute atomic E-state index is 13.3. The normalized spacial score (nSPS) is 21.6. The van der Waals surface area contributed by atoms with Crippen molar-refractivity contribution in [2.24, 2.45) is 0 Å². The van der Waals surface area contributed by atoms with Crippen LogP contribution in [0.25, 0.3) is 11.5 Å². The summed E-state index contributed by atoms with van der Waals surface area (Å²) in [6, 6.07) is 5.66. The number of anilines is 1.